The molecule has 1 atom stereocenters. The molecule has 1 saturated heterocycles. The molecular formula is C18H22N2O2. The van der Waals surface area contributed by atoms with Gasteiger partial charge in [0.2, 0.25) is 0 Å². The Bertz CT molecular complexity index is 645. The van der Waals surface area contributed by atoms with E-state index in [0.29, 0.717) is 18.2 Å². The minimum Gasteiger partial charge on any atom is -0.451 e. The molecule has 1 aliphatic heterocycles. The van der Waals surface area contributed by atoms with E-state index in [0.717, 1.165) is 30.8 Å². The molecule has 0 radical (unpaired) electrons. The molecule has 116 valence electrons. The summed E-state index contributed by atoms with van der Waals surface area (Å²) in [6.45, 7) is 4.92. The van der Waals surface area contributed by atoms with E-state index in [-0.39, 0.29) is 5.91 Å². The third-order valence-electron chi connectivity index (χ3n) is 4.21. The zero-order valence-electron chi connectivity index (χ0n) is 13.1. The van der Waals surface area contributed by atoms with Gasteiger partial charge < -0.3 is 14.6 Å². The average Bonchev–Trinajstić information content (AvgIpc) is 3.15. The summed E-state index contributed by atoms with van der Waals surface area (Å²) < 4.78 is 5.69. The number of likely N-dealkylation sites (tertiary alicyclic amines) is 1. The first-order valence-electron chi connectivity index (χ1n) is 7.75. The third kappa shape index (κ3) is 3.39. The van der Waals surface area contributed by atoms with Crippen molar-refractivity contribution in [3.8, 4) is 11.3 Å². The predicted octanol–water partition coefficient (Wildman–Crippen LogP) is 2.94. The molecule has 1 amide bonds. The number of nitrogens with one attached hydrogen (secondary N) is 1. The van der Waals surface area contributed by atoms with Gasteiger partial charge in [0.1, 0.15) is 5.76 Å². The number of rotatable bonds is 4. The van der Waals surface area contributed by atoms with Crippen LogP contribution in [0.1, 0.15) is 22.5 Å². The van der Waals surface area contributed by atoms with E-state index in [2.05, 4.69) is 17.3 Å². The topological polar surface area (TPSA) is 45.5 Å². The highest BCUT2D eigenvalue weighted by molar-refractivity contribution is 5.92. The molecule has 0 unspecified atom stereocenters. The summed E-state index contributed by atoms with van der Waals surface area (Å²) in [4.78, 5) is 14.5. The van der Waals surface area contributed by atoms with Crippen LogP contribution >= 0.6 is 0 Å². The molecule has 3 rings (SSSR count). The molecule has 0 bridgehead atoms. The summed E-state index contributed by atoms with van der Waals surface area (Å²) in [6, 6.07) is 11.7. The van der Waals surface area contributed by atoms with E-state index in [9.17, 15) is 4.79 Å². The first-order chi connectivity index (χ1) is 10.6. The van der Waals surface area contributed by atoms with Crippen LogP contribution in [0.5, 0.6) is 0 Å². The summed E-state index contributed by atoms with van der Waals surface area (Å²) in [7, 11) is 2.11. The van der Waals surface area contributed by atoms with Crippen LogP contribution in [0.3, 0.4) is 0 Å². The summed E-state index contributed by atoms with van der Waals surface area (Å²) in [5.74, 6) is 1.51. The Hall–Kier alpha value is -2.07. The third-order valence-corrected chi connectivity index (χ3v) is 4.21. The summed E-state index contributed by atoms with van der Waals surface area (Å²) >= 11 is 0. The molecule has 0 aliphatic carbocycles. The van der Waals surface area contributed by atoms with Crippen LogP contribution in [-0.2, 0) is 0 Å². The van der Waals surface area contributed by atoms with Gasteiger partial charge in [-0.2, -0.15) is 0 Å². The van der Waals surface area contributed by atoms with Crippen LogP contribution < -0.4 is 5.32 Å². The number of furan rings is 1. The molecule has 1 aromatic carbocycles. The molecule has 1 N–H and O–H groups in total. The summed E-state index contributed by atoms with van der Waals surface area (Å²) in [5, 5.41) is 2.98. The molecule has 4 heteroatoms. The Balaban J connectivity index is 1.60. The van der Waals surface area contributed by atoms with Crippen molar-refractivity contribution in [2.45, 2.75) is 13.3 Å². The lowest BCUT2D eigenvalue weighted by molar-refractivity contribution is 0.0920. The van der Waals surface area contributed by atoms with E-state index in [4.69, 9.17) is 4.42 Å². The van der Waals surface area contributed by atoms with E-state index in [1.54, 1.807) is 6.07 Å². The van der Waals surface area contributed by atoms with Gasteiger partial charge in [0.25, 0.3) is 5.91 Å². The van der Waals surface area contributed by atoms with Crippen molar-refractivity contribution in [2.24, 2.45) is 5.92 Å². The van der Waals surface area contributed by atoms with Gasteiger partial charge in [-0.1, -0.05) is 29.8 Å². The lowest BCUT2D eigenvalue weighted by Crippen LogP contribution is -2.30. The van der Waals surface area contributed by atoms with Gasteiger partial charge in [0, 0.05) is 18.7 Å². The van der Waals surface area contributed by atoms with Crippen molar-refractivity contribution >= 4 is 5.91 Å². The quantitative estimate of drug-likeness (QED) is 0.944. The number of amides is 1. The highest BCUT2D eigenvalue weighted by Gasteiger charge is 2.20. The van der Waals surface area contributed by atoms with Crippen LogP contribution in [-0.4, -0.2) is 37.5 Å². The monoisotopic (exact) mass is 298 g/mol. The molecule has 1 aromatic heterocycles. The lowest BCUT2D eigenvalue weighted by Gasteiger charge is -2.10. The summed E-state index contributed by atoms with van der Waals surface area (Å²) in [5.41, 5.74) is 2.19. The van der Waals surface area contributed by atoms with Gasteiger partial charge in [-0.05, 0) is 45.0 Å². The number of benzene rings is 1. The molecule has 0 saturated carbocycles. The maximum atomic E-state index is 12.2. The van der Waals surface area contributed by atoms with Gasteiger partial charge in [0.05, 0.1) is 0 Å². The molecule has 22 heavy (non-hydrogen) atoms. The normalized spacial score (nSPS) is 18.5. The van der Waals surface area contributed by atoms with Crippen LogP contribution in [0.4, 0.5) is 0 Å². The maximum absolute atomic E-state index is 12.2. The highest BCUT2D eigenvalue weighted by atomic mass is 16.3. The SMILES string of the molecule is Cc1ccc(-c2ccc(C(=O)NC[C@H]3CCN(C)C3)o2)cc1. The Morgan fingerprint density at radius 3 is 2.73 bits per heavy atom. The van der Waals surface area contributed by atoms with Gasteiger partial charge in [-0.25, -0.2) is 0 Å². The van der Waals surface area contributed by atoms with Crippen molar-refractivity contribution < 1.29 is 9.21 Å². The maximum Gasteiger partial charge on any atom is 0.287 e. The Labute approximate surface area is 131 Å². The number of aryl methyl sites for hydroxylation is 1. The van der Waals surface area contributed by atoms with E-state index in [1.165, 1.54) is 5.56 Å². The van der Waals surface area contributed by atoms with Crippen LogP contribution in [0.25, 0.3) is 11.3 Å². The molecular weight excluding hydrogens is 276 g/mol. The van der Waals surface area contributed by atoms with Crippen LogP contribution in [0.15, 0.2) is 40.8 Å². The van der Waals surface area contributed by atoms with Crippen molar-refractivity contribution in [3.63, 3.8) is 0 Å². The number of nitrogens with zero attached hydrogens (tertiary/aromatic N) is 1. The minimum atomic E-state index is -0.132. The number of carbonyl (C=O) groups excluding carboxylic acids is 1. The van der Waals surface area contributed by atoms with Crippen LogP contribution in [0.2, 0.25) is 0 Å². The minimum absolute atomic E-state index is 0.132. The highest BCUT2D eigenvalue weighted by Crippen LogP contribution is 2.22. The average molecular weight is 298 g/mol. The Morgan fingerprint density at radius 2 is 2.05 bits per heavy atom. The first-order valence-corrected chi connectivity index (χ1v) is 7.75. The van der Waals surface area contributed by atoms with Crippen molar-refractivity contribution in [2.75, 3.05) is 26.7 Å². The standard InChI is InChI=1S/C18H22N2O2/c1-13-3-5-15(6-4-13)16-7-8-17(22-16)18(21)19-11-14-9-10-20(2)12-14/h3-8,14H,9-12H2,1-2H3,(H,19,21)/t14-/m1/s1. The van der Waals surface area contributed by atoms with Crippen molar-refractivity contribution in [1.82, 2.24) is 10.2 Å². The van der Waals surface area contributed by atoms with Crippen molar-refractivity contribution in [3.05, 3.63) is 47.7 Å². The second kappa shape index (κ2) is 6.36. The zero-order chi connectivity index (χ0) is 15.5. The smallest absolute Gasteiger partial charge is 0.287 e. The molecule has 1 aliphatic rings. The summed E-state index contributed by atoms with van der Waals surface area (Å²) in [6.07, 6.45) is 1.14. The van der Waals surface area contributed by atoms with Gasteiger partial charge in [-0.15, -0.1) is 0 Å². The van der Waals surface area contributed by atoms with Gasteiger partial charge >= 0.3 is 0 Å². The second-order valence-corrected chi connectivity index (χ2v) is 6.16. The fraction of sp³-hybridized carbons (Fsp3) is 0.389. The van der Waals surface area contributed by atoms with Crippen molar-refractivity contribution in [1.29, 1.82) is 0 Å². The van der Waals surface area contributed by atoms with Gasteiger partial charge in [0.15, 0.2) is 5.76 Å². The Kier molecular flexibility index (Phi) is 4.29. The van der Waals surface area contributed by atoms with Gasteiger partial charge in [-0.3, -0.25) is 4.79 Å². The number of hydrogen-bond acceptors (Lipinski definition) is 3. The van der Waals surface area contributed by atoms with Crippen LogP contribution in [0, 0.1) is 12.8 Å². The second-order valence-electron chi connectivity index (χ2n) is 6.16. The first kappa shape index (κ1) is 14.9. The lowest BCUT2D eigenvalue weighted by atomic mass is 10.1. The Morgan fingerprint density at radius 1 is 1.27 bits per heavy atom. The zero-order valence-corrected chi connectivity index (χ0v) is 13.1. The fourth-order valence-corrected chi connectivity index (χ4v) is 2.85. The molecule has 2 aromatic rings. The van der Waals surface area contributed by atoms with E-state index in [1.807, 2.05) is 37.3 Å². The molecule has 4 nitrogen and oxygen atoms in total. The number of hydrogen-bond donors (Lipinski definition) is 1. The van der Waals surface area contributed by atoms with E-state index >= 15 is 0 Å². The predicted molar refractivity (Wildman–Crippen MR) is 86.8 cm³/mol. The van der Waals surface area contributed by atoms with E-state index < -0.39 is 0 Å². The largest absolute Gasteiger partial charge is 0.451 e. The molecule has 1 fully saturated rings. The fourth-order valence-electron chi connectivity index (χ4n) is 2.85. The molecule has 0 spiro atoms. The molecule has 2 heterocycles. The number of carbonyl (C=O) groups is 1.